The first kappa shape index (κ1) is 21.0. The number of rotatable bonds is 6. The molecule has 0 aromatic heterocycles. The van der Waals surface area contributed by atoms with E-state index in [1.54, 1.807) is 12.2 Å². The topological polar surface area (TPSA) is 59.1 Å². The second-order valence-electron chi connectivity index (χ2n) is 8.08. The lowest BCUT2D eigenvalue weighted by Crippen LogP contribution is -2.39. The van der Waals surface area contributed by atoms with Crippen LogP contribution >= 0.6 is 0 Å². The summed E-state index contributed by atoms with van der Waals surface area (Å²) in [4.78, 5) is 34.0. The zero-order valence-electron chi connectivity index (χ0n) is 18.2. The van der Waals surface area contributed by atoms with Gasteiger partial charge in [-0.2, -0.15) is 0 Å². The highest BCUT2D eigenvalue weighted by atomic mass is 16.7. The lowest BCUT2D eigenvalue weighted by Gasteiger charge is -2.26. The van der Waals surface area contributed by atoms with E-state index in [0.717, 1.165) is 22.6 Å². The molecular weight excluding hydrogens is 416 g/mol. The summed E-state index contributed by atoms with van der Waals surface area (Å²) in [6.07, 6.45) is 3.05. The Hall–Kier alpha value is -3.90. The van der Waals surface area contributed by atoms with Crippen molar-refractivity contribution < 1.29 is 19.2 Å². The molecule has 2 fully saturated rings. The molecule has 2 aliphatic heterocycles. The molecule has 0 aliphatic carbocycles. The monoisotopic (exact) mass is 440 g/mol. The Labute approximate surface area is 192 Å². The maximum Gasteiger partial charge on any atom is 0.262 e. The van der Waals surface area contributed by atoms with Crippen molar-refractivity contribution in [2.75, 3.05) is 12.2 Å². The number of anilines is 1. The van der Waals surface area contributed by atoms with Crippen LogP contribution in [0.15, 0.2) is 91.0 Å². The SMILES string of the molecule is COc1ccc(/C=C/C2C3C(=O)N(Cc4ccccc4)C(=O)C3ON2c2ccccc2)cc1. The summed E-state index contributed by atoms with van der Waals surface area (Å²) in [5.74, 6) is -0.349. The van der Waals surface area contributed by atoms with Crippen LogP contribution in [0.4, 0.5) is 5.69 Å². The van der Waals surface area contributed by atoms with Gasteiger partial charge < -0.3 is 4.74 Å². The van der Waals surface area contributed by atoms with E-state index in [-0.39, 0.29) is 18.4 Å². The molecule has 5 rings (SSSR count). The van der Waals surface area contributed by atoms with Gasteiger partial charge in [0, 0.05) is 0 Å². The van der Waals surface area contributed by atoms with Gasteiger partial charge in [-0.3, -0.25) is 19.3 Å². The number of hydrogen-bond acceptors (Lipinski definition) is 5. The van der Waals surface area contributed by atoms with Crippen LogP contribution in [0.2, 0.25) is 0 Å². The fourth-order valence-electron chi connectivity index (χ4n) is 4.35. The predicted molar refractivity (Wildman–Crippen MR) is 125 cm³/mol. The molecule has 0 saturated carbocycles. The first-order valence-electron chi connectivity index (χ1n) is 10.9. The van der Waals surface area contributed by atoms with Crippen LogP contribution in [-0.2, 0) is 21.0 Å². The Morgan fingerprint density at radius 3 is 2.21 bits per heavy atom. The van der Waals surface area contributed by atoms with Crippen molar-refractivity contribution in [1.29, 1.82) is 0 Å². The third-order valence-electron chi connectivity index (χ3n) is 6.05. The van der Waals surface area contributed by atoms with E-state index in [9.17, 15) is 9.59 Å². The molecule has 3 unspecified atom stereocenters. The first-order chi connectivity index (χ1) is 16.2. The summed E-state index contributed by atoms with van der Waals surface area (Å²) in [6, 6.07) is 26.3. The molecule has 3 atom stereocenters. The second-order valence-corrected chi connectivity index (χ2v) is 8.08. The predicted octanol–water partition coefficient (Wildman–Crippen LogP) is 4.08. The van der Waals surface area contributed by atoms with E-state index < -0.39 is 18.1 Å². The average Bonchev–Trinajstić information content (AvgIpc) is 3.35. The number of carbonyl (C=O) groups is 2. The number of para-hydroxylation sites is 1. The third kappa shape index (κ3) is 4.01. The number of hydrogen-bond donors (Lipinski definition) is 0. The van der Waals surface area contributed by atoms with Gasteiger partial charge in [0.2, 0.25) is 5.91 Å². The first-order valence-corrected chi connectivity index (χ1v) is 10.9. The van der Waals surface area contributed by atoms with Crippen LogP contribution in [0.5, 0.6) is 5.75 Å². The summed E-state index contributed by atoms with van der Waals surface area (Å²) < 4.78 is 5.23. The molecule has 166 valence electrons. The Morgan fingerprint density at radius 1 is 0.879 bits per heavy atom. The van der Waals surface area contributed by atoms with Gasteiger partial charge in [0.15, 0.2) is 6.10 Å². The van der Waals surface area contributed by atoms with Gasteiger partial charge in [-0.05, 0) is 35.4 Å². The zero-order valence-corrected chi connectivity index (χ0v) is 18.2. The van der Waals surface area contributed by atoms with Crippen LogP contribution in [-0.4, -0.2) is 36.0 Å². The van der Waals surface area contributed by atoms with E-state index in [1.165, 1.54) is 4.90 Å². The molecule has 3 aromatic rings. The standard InChI is InChI=1S/C27H24N2O4/c1-32-22-15-12-19(13-16-22)14-17-23-24-25(33-29(23)21-10-6-3-7-11-21)27(31)28(26(24)30)18-20-8-4-2-5-9-20/h2-17,23-25H,18H2,1H3/b17-14+. The third-order valence-corrected chi connectivity index (χ3v) is 6.05. The summed E-state index contributed by atoms with van der Waals surface area (Å²) >= 11 is 0. The molecule has 2 saturated heterocycles. The molecule has 2 aliphatic rings. The van der Waals surface area contributed by atoms with Gasteiger partial charge in [-0.25, -0.2) is 5.06 Å². The van der Waals surface area contributed by atoms with E-state index in [4.69, 9.17) is 9.57 Å². The Kier molecular flexibility index (Phi) is 5.67. The second kappa shape index (κ2) is 8.92. The molecule has 0 bridgehead atoms. The summed E-state index contributed by atoms with van der Waals surface area (Å²) in [5.41, 5.74) is 2.67. The van der Waals surface area contributed by atoms with Crippen molar-refractivity contribution in [1.82, 2.24) is 4.90 Å². The highest BCUT2D eigenvalue weighted by Gasteiger charge is 2.58. The van der Waals surface area contributed by atoms with Gasteiger partial charge in [0.1, 0.15) is 11.7 Å². The largest absolute Gasteiger partial charge is 0.497 e. The Morgan fingerprint density at radius 2 is 1.55 bits per heavy atom. The van der Waals surface area contributed by atoms with Gasteiger partial charge >= 0.3 is 0 Å². The Bertz CT molecular complexity index is 1160. The number of fused-ring (bicyclic) bond motifs is 1. The minimum Gasteiger partial charge on any atom is -0.497 e. The summed E-state index contributed by atoms with van der Waals surface area (Å²) in [5, 5.41) is 1.69. The van der Waals surface area contributed by atoms with Crippen molar-refractivity contribution in [2.24, 2.45) is 5.92 Å². The molecule has 2 heterocycles. The van der Waals surface area contributed by atoms with Crippen molar-refractivity contribution in [3.8, 4) is 5.75 Å². The molecule has 0 spiro atoms. The maximum atomic E-state index is 13.4. The van der Waals surface area contributed by atoms with Gasteiger partial charge in [-0.15, -0.1) is 0 Å². The molecule has 6 nitrogen and oxygen atoms in total. The normalized spacial score (nSPS) is 22.3. The number of methoxy groups -OCH3 is 1. The smallest absolute Gasteiger partial charge is 0.262 e. The number of hydroxylamine groups is 1. The molecular formula is C27H24N2O4. The van der Waals surface area contributed by atoms with Crippen LogP contribution in [0, 0.1) is 5.92 Å². The molecule has 0 N–H and O–H groups in total. The number of nitrogens with zero attached hydrogens (tertiary/aromatic N) is 2. The zero-order chi connectivity index (χ0) is 22.8. The van der Waals surface area contributed by atoms with E-state index in [0.29, 0.717) is 0 Å². The summed E-state index contributed by atoms with van der Waals surface area (Å²) in [6.45, 7) is 0.245. The van der Waals surface area contributed by atoms with Crippen LogP contribution < -0.4 is 9.80 Å². The summed E-state index contributed by atoms with van der Waals surface area (Å²) in [7, 11) is 1.63. The highest BCUT2D eigenvalue weighted by Crippen LogP contribution is 2.40. The molecule has 0 radical (unpaired) electrons. The van der Waals surface area contributed by atoms with Crippen molar-refractivity contribution in [2.45, 2.75) is 18.7 Å². The van der Waals surface area contributed by atoms with E-state index in [1.807, 2.05) is 97.1 Å². The lowest BCUT2D eigenvalue weighted by atomic mass is 9.95. The highest BCUT2D eigenvalue weighted by molar-refractivity contribution is 6.07. The van der Waals surface area contributed by atoms with Gasteiger partial charge in [-0.1, -0.05) is 72.8 Å². The minimum atomic E-state index is -0.841. The number of carbonyl (C=O) groups excluding carboxylic acids is 2. The quantitative estimate of drug-likeness (QED) is 0.541. The minimum absolute atomic E-state index is 0.211. The van der Waals surface area contributed by atoms with Crippen LogP contribution in [0.25, 0.3) is 6.08 Å². The molecule has 33 heavy (non-hydrogen) atoms. The number of ether oxygens (including phenoxy) is 1. The Balaban J connectivity index is 1.45. The number of imide groups is 1. The lowest BCUT2D eigenvalue weighted by molar-refractivity contribution is -0.143. The van der Waals surface area contributed by atoms with Crippen molar-refractivity contribution >= 4 is 23.6 Å². The van der Waals surface area contributed by atoms with Gasteiger partial charge in [0.25, 0.3) is 5.91 Å². The molecule has 2 amide bonds. The van der Waals surface area contributed by atoms with Crippen LogP contribution in [0.1, 0.15) is 11.1 Å². The fourth-order valence-corrected chi connectivity index (χ4v) is 4.35. The fraction of sp³-hybridized carbons (Fsp3) is 0.185. The molecule has 3 aromatic carbocycles. The van der Waals surface area contributed by atoms with Crippen molar-refractivity contribution in [3.63, 3.8) is 0 Å². The number of amides is 2. The van der Waals surface area contributed by atoms with Crippen molar-refractivity contribution in [3.05, 3.63) is 102 Å². The number of likely N-dealkylation sites (tertiary alicyclic amines) is 1. The average molecular weight is 440 g/mol. The maximum absolute atomic E-state index is 13.4. The van der Waals surface area contributed by atoms with Crippen LogP contribution in [0.3, 0.4) is 0 Å². The molecule has 6 heteroatoms. The number of benzene rings is 3. The van der Waals surface area contributed by atoms with E-state index in [2.05, 4.69) is 0 Å². The van der Waals surface area contributed by atoms with E-state index >= 15 is 0 Å². The van der Waals surface area contributed by atoms with Gasteiger partial charge in [0.05, 0.1) is 25.4 Å².